The van der Waals surface area contributed by atoms with Crippen LogP contribution in [-0.2, 0) is 4.79 Å². The third kappa shape index (κ3) is 5.84. The Morgan fingerprint density at radius 3 is 2.55 bits per heavy atom. The average molecular weight is 154 g/mol. The largest absolute Gasteiger partial charge is 0.299 e. The standard InChI is InChI=1S/C10H18O/c1-3-7-10(4-2)8-5-6-9-11/h5-6,9-10H,3-4,7-8H2,1-2H3/b6-5+. The molecule has 0 aliphatic heterocycles. The van der Waals surface area contributed by atoms with Crippen LogP contribution in [0.5, 0.6) is 0 Å². The number of hydrogen-bond acceptors (Lipinski definition) is 1. The molecule has 0 fully saturated rings. The fraction of sp³-hybridized carbons (Fsp3) is 0.700. The second-order valence-electron chi connectivity index (χ2n) is 2.86. The Balaban J connectivity index is 3.50. The molecule has 1 heteroatoms. The van der Waals surface area contributed by atoms with Crippen molar-refractivity contribution in [2.45, 2.75) is 39.5 Å². The highest BCUT2D eigenvalue weighted by Gasteiger charge is 2.00. The lowest BCUT2D eigenvalue weighted by atomic mass is 9.97. The zero-order valence-corrected chi connectivity index (χ0v) is 7.55. The van der Waals surface area contributed by atoms with E-state index in [-0.39, 0.29) is 0 Å². The molecular formula is C10H18O. The maximum atomic E-state index is 9.95. The molecular weight excluding hydrogens is 136 g/mol. The van der Waals surface area contributed by atoms with Gasteiger partial charge < -0.3 is 0 Å². The van der Waals surface area contributed by atoms with Crippen molar-refractivity contribution in [1.82, 2.24) is 0 Å². The van der Waals surface area contributed by atoms with Crippen molar-refractivity contribution >= 4 is 6.29 Å². The molecule has 0 aromatic rings. The van der Waals surface area contributed by atoms with Crippen LogP contribution in [0.1, 0.15) is 39.5 Å². The van der Waals surface area contributed by atoms with Crippen LogP contribution in [-0.4, -0.2) is 6.29 Å². The Labute approximate surface area is 69.5 Å². The van der Waals surface area contributed by atoms with Crippen LogP contribution in [0.2, 0.25) is 0 Å². The topological polar surface area (TPSA) is 17.1 Å². The zero-order valence-electron chi connectivity index (χ0n) is 7.55. The number of rotatable bonds is 6. The Bertz CT molecular complexity index is 116. The first kappa shape index (κ1) is 10.4. The van der Waals surface area contributed by atoms with E-state index in [0.717, 1.165) is 18.6 Å². The lowest BCUT2D eigenvalue weighted by molar-refractivity contribution is -0.104. The predicted molar refractivity (Wildman–Crippen MR) is 48.5 cm³/mol. The third-order valence-electron chi connectivity index (χ3n) is 1.96. The van der Waals surface area contributed by atoms with Gasteiger partial charge in [0.25, 0.3) is 0 Å². The molecule has 1 atom stereocenters. The Hall–Kier alpha value is -0.590. The second kappa shape index (κ2) is 7.52. The van der Waals surface area contributed by atoms with Crippen molar-refractivity contribution in [1.29, 1.82) is 0 Å². The number of carbonyl (C=O) groups is 1. The zero-order chi connectivity index (χ0) is 8.53. The number of carbonyl (C=O) groups excluding carboxylic acids is 1. The first-order valence-electron chi connectivity index (χ1n) is 4.45. The second-order valence-corrected chi connectivity index (χ2v) is 2.86. The van der Waals surface area contributed by atoms with Gasteiger partial charge in [-0.15, -0.1) is 0 Å². The predicted octanol–water partition coefficient (Wildman–Crippen LogP) is 2.96. The van der Waals surface area contributed by atoms with Crippen LogP contribution in [0.15, 0.2) is 12.2 Å². The molecule has 0 aliphatic rings. The maximum Gasteiger partial charge on any atom is 0.142 e. The molecule has 64 valence electrons. The van der Waals surface area contributed by atoms with Gasteiger partial charge in [-0.2, -0.15) is 0 Å². The quantitative estimate of drug-likeness (QED) is 0.424. The maximum absolute atomic E-state index is 9.95. The summed E-state index contributed by atoms with van der Waals surface area (Å²) in [7, 11) is 0. The minimum Gasteiger partial charge on any atom is -0.299 e. The van der Waals surface area contributed by atoms with E-state index in [0.29, 0.717) is 0 Å². The molecule has 0 spiro atoms. The lowest BCUT2D eigenvalue weighted by Crippen LogP contribution is -1.95. The van der Waals surface area contributed by atoms with E-state index in [9.17, 15) is 4.79 Å². The summed E-state index contributed by atoms with van der Waals surface area (Å²) in [6.45, 7) is 4.40. The number of allylic oxidation sites excluding steroid dienone is 2. The molecule has 0 aromatic carbocycles. The monoisotopic (exact) mass is 154 g/mol. The highest BCUT2D eigenvalue weighted by atomic mass is 16.1. The molecule has 1 unspecified atom stereocenters. The van der Waals surface area contributed by atoms with E-state index >= 15 is 0 Å². The molecule has 0 heterocycles. The van der Waals surface area contributed by atoms with Crippen molar-refractivity contribution in [2.24, 2.45) is 5.92 Å². The van der Waals surface area contributed by atoms with Crippen LogP contribution in [0, 0.1) is 5.92 Å². The van der Waals surface area contributed by atoms with Gasteiger partial charge in [0.1, 0.15) is 6.29 Å². The summed E-state index contributed by atoms with van der Waals surface area (Å²) in [6, 6.07) is 0. The summed E-state index contributed by atoms with van der Waals surface area (Å²) < 4.78 is 0. The lowest BCUT2D eigenvalue weighted by Gasteiger charge is -2.09. The Morgan fingerprint density at radius 2 is 2.09 bits per heavy atom. The van der Waals surface area contributed by atoms with E-state index in [1.807, 2.05) is 6.08 Å². The third-order valence-corrected chi connectivity index (χ3v) is 1.96. The van der Waals surface area contributed by atoms with E-state index < -0.39 is 0 Å². The summed E-state index contributed by atoms with van der Waals surface area (Å²) in [5.74, 6) is 0.774. The highest BCUT2D eigenvalue weighted by molar-refractivity contribution is 5.64. The van der Waals surface area contributed by atoms with Gasteiger partial charge in [0.15, 0.2) is 0 Å². The minimum absolute atomic E-state index is 0.774. The summed E-state index contributed by atoms with van der Waals surface area (Å²) in [6.07, 6.45) is 9.21. The van der Waals surface area contributed by atoms with Crippen molar-refractivity contribution in [2.75, 3.05) is 0 Å². The summed E-state index contributed by atoms with van der Waals surface area (Å²) in [5, 5.41) is 0. The molecule has 0 rings (SSSR count). The van der Waals surface area contributed by atoms with Crippen molar-refractivity contribution in [3.8, 4) is 0 Å². The normalized spacial score (nSPS) is 13.6. The minimum atomic E-state index is 0.774. The van der Waals surface area contributed by atoms with E-state index in [1.165, 1.54) is 19.3 Å². The van der Waals surface area contributed by atoms with E-state index in [4.69, 9.17) is 0 Å². The molecule has 0 radical (unpaired) electrons. The van der Waals surface area contributed by atoms with Gasteiger partial charge >= 0.3 is 0 Å². The molecule has 0 saturated heterocycles. The van der Waals surface area contributed by atoms with E-state index in [1.54, 1.807) is 6.08 Å². The SMILES string of the molecule is CCCC(CC)C/C=C/C=O. The summed E-state index contributed by atoms with van der Waals surface area (Å²) in [4.78, 5) is 9.95. The first-order chi connectivity index (χ1) is 5.35. The van der Waals surface area contributed by atoms with Gasteiger partial charge in [-0.05, 0) is 18.4 Å². The summed E-state index contributed by atoms with van der Waals surface area (Å²) in [5.41, 5.74) is 0. The summed E-state index contributed by atoms with van der Waals surface area (Å²) >= 11 is 0. The molecule has 11 heavy (non-hydrogen) atoms. The van der Waals surface area contributed by atoms with Gasteiger partial charge in [-0.25, -0.2) is 0 Å². The van der Waals surface area contributed by atoms with Gasteiger partial charge in [0.2, 0.25) is 0 Å². The van der Waals surface area contributed by atoms with Crippen LogP contribution in [0.3, 0.4) is 0 Å². The molecule has 0 amide bonds. The molecule has 0 aliphatic carbocycles. The average Bonchev–Trinajstić information content (AvgIpc) is 2.03. The van der Waals surface area contributed by atoms with Crippen molar-refractivity contribution < 1.29 is 4.79 Å². The van der Waals surface area contributed by atoms with Crippen LogP contribution in [0.25, 0.3) is 0 Å². The molecule has 0 bridgehead atoms. The van der Waals surface area contributed by atoms with Crippen LogP contribution >= 0.6 is 0 Å². The molecule has 0 N–H and O–H groups in total. The van der Waals surface area contributed by atoms with Crippen LogP contribution in [0.4, 0.5) is 0 Å². The van der Waals surface area contributed by atoms with Gasteiger partial charge in [-0.3, -0.25) is 4.79 Å². The number of hydrogen-bond donors (Lipinski definition) is 0. The molecule has 0 aromatic heterocycles. The number of aldehydes is 1. The van der Waals surface area contributed by atoms with Gasteiger partial charge in [0.05, 0.1) is 0 Å². The fourth-order valence-electron chi connectivity index (χ4n) is 1.22. The van der Waals surface area contributed by atoms with Crippen molar-refractivity contribution in [3.05, 3.63) is 12.2 Å². The first-order valence-corrected chi connectivity index (χ1v) is 4.45. The Morgan fingerprint density at radius 1 is 1.36 bits per heavy atom. The van der Waals surface area contributed by atoms with E-state index in [2.05, 4.69) is 13.8 Å². The van der Waals surface area contributed by atoms with Crippen LogP contribution < -0.4 is 0 Å². The Kier molecular flexibility index (Phi) is 7.11. The fourth-order valence-corrected chi connectivity index (χ4v) is 1.22. The highest BCUT2D eigenvalue weighted by Crippen LogP contribution is 2.14. The van der Waals surface area contributed by atoms with Gasteiger partial charge in [-0.1, -0.05) is 39.2 Å². The van der Waals surface area contributed by atoms with Gasteiger partial charge in [0, 0.05) is 0 Å². The smallest absolute Gasteiger partial charge is 0.142 e. The molecule has 1 nitrogen and oxygen atoms in total. The van der Waals surface area contributed by atoms with Crippen molar-refractivity contribution in [3.63, 3.8) is 0 Å². The molecule has 0 saturated carbocycles.